The monoisotopic (exact) mass is 334 g/mol. The molecule has 2 aromatic rings. The van der Waals surface area contributed by atoms with Gasteiger partial charge in [0.2, 0.25) is 5.71 Å². The number of aryl methyl sites for hydroxylation is 1. The molecule has 2 rings (SSSR count). The van der Waals surface area contributed by atoms with Crippen LogP contribution in [0, 0.1) is 23.7 Å². The Kier molecular flexibility index (Phi) is 5.85. The number of amidine groups is 1. The van der Waals surface area contributed by atoms with E-state index in [1.165, 1.54) is 0 Å². The number of hydrogen-bond donors (Lipinski definition) is 4. The number of nitrogens with one attached hydrogen (secondary N) is 3. The number of amides is 1. The molecule has 25 heavy (non-hydrogen) atoms. The summed E-state index contributed by atoms with van der Waals surface area (Å²) in [4.78, 5) is 12.4. The predicted molar refractivity (Wildman–Crippen MR) is 97.4 cm³/mol. The van der Waals surface area contributed by atoms with Crippen molar-refractivity contribution in [3.63, 3.8) is 0 Å². The molecule has 1 amide bonds. The van der Waals surface area contributed by atoms with Gasteiger partial charge in [-0.05, 0) is 24.6 Å². The van der Waals surface area contributed by atoms with Gasteiger partial charge in [-0.3, -0.25) is 15.6 Å². The number of benzene rings is 2. The first-order valence-corrected chi connectivity index (χ1v) is 7.52. The second-order valence-corrected chi connectivity index (χ2v) is 5.31. The number of nitriles is 1. The SMILES string of the molecule is Cc1ccc(CNC(=O)c2ccccc2N/N=C(\C#N)C(=N)N)cc1. The first-order valence-electron chi connectivity index (χ1n) is 7.52. The van der Waals surface area contributed by atoms with Crippen LogP contribution in [0.2, 0.25) is 0 Å². The van der Waals surface area contributed by atoms with E-state index in [9.17, 15) is 4.79 Å². The molecule has 7 nitrogen and oxygen atoms in total. The van der Waals surface area contributed by atoms with E-state index in [-0.39, 0.29) is 11.6 Å². The van der Waals surface area contributed by atoms with Crippen LogP contribution in [-0.2, 0) is 6.54 Å². The van der Waals surface area contributed by atoms with Gasteiger partial charge in [0.25, 0.3) is 5.91 Å². The van der Waals surface area contributed by atoms with E-state index in [0.29, 0.717) is 17.8 Å². The molecule has 0 saturated heterocycles. The number of anilines is 1. The highest BCUT2D eigenvalue weighted by Gasteiger charge is 2.11. The second kappa shape index (κ2) is 8.26. The van der Waals surface area contributed by atoms with Gasteiger partial charge in [-0.2, -0.15) is 10.4 Å². The number of hydrogen-bond acceptors (Lipinski definition) is 5. The number of carbonyl (C=O) groups excluding carboxylic acids is 1. The Balaban J connectivity index is 2.11. The Morgan fingerprint density at radius 1 is 1.24 bits per heavy atom. The minimum Gasteiger partial charge on any atom is -0.382 e. The summed E-state index contributed by atoms with van der Waals surface area (Å²) in [6.07, 6.45) is 0. The lowest BCUT2D eigenvalue weighted by Gasteiger charge is -2.10. The fraction of sp³-hybridized carbons (Fsp3) is 0.111. The average Bonchev–Trinajstić information content (AvgIpc) is 2.61. The van der Waals surface area contributed by atoms with Crippen LogP contribution < -0.4 is 16.5 Å². The summed E-state index contributed by atoms with van der Waals surface area (Å²) >= 11 is 0. The topological polar surface area (TPSA) is 127 Å². The highest BCUT2D eigenvalue weighted by Crippen LogP contribution is 2.15. The Hall–Kier alpha value is -3.66. The summed E-state index contributed by atoms with van der Waals surface area (Å²) in [5.41, 5.74) is 10.5. The van der Waals surface area contributed by atoms with E-state index in [0.717, 1.165) is 11.1 Å². The molecule has 0 aromatic heterocycles. The summed E-state index contributed by atoms with van der Waals surface area (Å²) in [5.74, 6) is -0.725. The van der Waals surface area contributed by atoms with Crippen molar-refractivity contribution in [1.29, 1.82) is 10.7 Å². The van der Waals surface area contributed by atoms with Gasteiger partial charge in [-0.1, -0.05) is 42.0 Å². The highest BCUT2D eigenvalue weighted by molar-refractivity contribution is 6.45. The van der Waals surface area contributed by atoms with E-state index < -0.39 is 5.84 Å². The molecule has 0 saturated carbocycles. The zero-order valence-electron chi connectivity index (χ0n) is 13.7. The smallest absolute Gasteiger partial charge is 0.253 e. The lowest BCUT2D eigenvalue weighted by atomic mass is 10.1. The molecule has 126 valence electrons. The molecule has 0 aliphatic rings. The van der Waals surface area contributed by atoms with Crippen LogP contribution in [0.3, 0.4) is 0 Å². The number of hydrazone groups is 1. The van der Waals surface area contributed by atoms with E-state index >= 15 is 0 Å². The van der Waals surface area contributed by atoms with Gasteiger partial charge in [-0.25, -0.2) is 0 Å². The van der Waals surface area contributed by atoms with Crippen LogP contribution >= 0.6 is 0 Å². The van der Waals surface area contributed by atoms with Gasteiger partial charge in [0.05, 0.1) is 11.3 Å². The molecule has 0 aliphatic heterocycles. The van der Waals surface area contributed by atoms with Crippen LogP contribution in [0.25, 0.3) is 0 Å². The Morgan fingerprint density at radius 3 is 2.56 bits per heavy atom. The molecule has 0 bridgehead atoms. The molecule has 0 radical (unpaired) electrons. The van der Waals surface area contributed by atoms with Gasteiger partial charge in [0, 0.05) is 6.54 Å². The average molecular weight is 334 g/mol. The van der Waals surface area contributed by atoms with E-state index in [4.69, 9.17) is 16.4 Å². The normalized spacial score (nSPS) is 10.6. The maximum Gasteiger partial charge on any atom is 0.253 e. The fourth-order valence-electron chi connectivity index (χ4n) is 2.02. The van der Waals surface area contributed by atoms with Crippen LogP contribution in [0.5, 0.6) is 0 Å². The van der Waals surface area contributed by atoms with E-state index in [2.05, 4.69) is 15.8 Å². The maximum absolute atomic E-state index is 12.4. The minimum atomic E-state index is -0.448. The third kappa shape index (κ3) is 4.91. The molecule has 0 unspecified atom stereocenters. The zero-order valence-corrected chi connectivity index (χ0v) is 13.7. The lowest BCUT2D eigenvalue weighted by Crippen LogP contribution is -2.24. The Morgan fingerprint density at radius 2 is 1.92 bits per heavy atom. The largest absolute Gasteiger partial charge is 0.382 e. The van der Waals surface area contributed by atoms with Gasteiger partial charge in [0.1, 0.15) is 6.07 Å². The number of rotatable bonds is 6. The minimum absolute atomic E-state index is 0.255. The first-order chi connectivity index (χ1) is 12.0. The van der Waals surface area contributed by atoms with E-state index in [1.54, 1.807) is 30.3 Å². The number of para-hydroxylation sites is 1. The lowest BCUT2D eigenvalue weighted by molar-refractivity contribution is 0.0951. The third-order valence-corrected chi connectivity index (χ3v) is 3.39. The van der Waals surface area contributed by atoms with Gasteiger partial charge >= 0.3 is 0 Å². The quantitative estimate of drug-likeness (QED) is 0.366. The maximum atomic E-state index is 12.4. The molecule has 0 atom stereocenters. The van der Waals surface area contributed by atoms with Crippen molar-refractivity contribution in [2.75, 3.05) is 5.43 Å². The zero-order chi connectivity index (χ0) is 18.2. The number of carbonyl (C=O) groups is 1. The van der Waals surface area contributed by atoms with Gasteiger partial charge in [0.15, 0.2) is 5.84 Å². The molecule has 0 heterocycles. The summed E-state index contributed by atoms with van der Waals surface area (Å²) in [5, 5.41) is 22.7. The molecule has 0 aliphatic carbocycles. The molecule has 0 fully saturated rings. The van der Waals surface area contributed by atoms with Crippen molar-refractivity contribution in [1.82, 2.24) is 5.32 Å². The molecule has 0 spiro atoms. The number of nitrogens with two attached hydrogens (primary N) is 1. The molecular weight excluding hydrogens is 316 g/mol. The van der Waals surface area contributed by atoms with Crippen molar-refractivity contribution in [3.05, 3.63) is 65.2 Å². The summed E-state index contributed by atoms with van der Waals surface area (Å²) in [6, 6.07) is 16.3. The van der Waals surface area contributed by atoms with Gasteiger partial charge in [-0.15, -0.1) is 0 Å². The summed E-state index contributed by atoms with van der Waals surface area (Å²) in [7, 11) is 0. The van der Waals surface area contributed by atoms with E-state index in [1.807, 2.05) is 31.2 Å². The van der Waals surface area contributed by atoms with Crippen molar-refractivity contribution < 1.29 is 4.79 Å². The van der Waals surface area contributed by atoms with Crippen LogP contribution in [0.15, 0.2) is 53.6 Å². The van der Waals surface area contributed by atoms with Crippen LogP contribution in [-0.4, -0.2) is 17.5 Å². The second-order valence-electron chi connectivity index (χ2n) is 5.31. The summed E-state index contributed by atoms with van der Waals surface area (Å²) < 4.78 is 0. The standard InChI is InChI=1S/C18H18N6O/c1-12-6-8-13(9-7-12)11-22-18(25)14-4-2-3-5-15(14)23-24-16(10-19)17(20)21/h2-9,23H,11H2,1H3,(H3,20,21)(H,22,25)/b24-16+. The van der Waals surface area contributed by atoms with Gasteiger partial charge < -0.3 is 11.1 Å². The van der Waals surface area contributed by atoms with Crippen molar-refractivity contribution in [2.24, 2.45) is 10.8 Å². The van der Waals surface area contributed by atoms with Crippen molar-refractivity contribution in [2.45, 2.75) is 13.5 Å². The predicted octanol–water partition coefficient (Wildman–Crippen LogP) is 2.15. The van der Waals surface area contributed by atoms with Crippen molar-refractivity contribution >= 4 is 23.1 Å². The van der Waals surface area contributed by atoms with Crippen LogP contribution in [0.1, 0.15) is 21.5 Å². The summed E-state index contributed by atoms with van der Waals surface area (Å²) in [6.45, 7) is 2.40. The molecular formula is C18H18N6O. The molecule has 2 aromatic carbocycles. The fourth-order valence-corrected chi connectivity index (χ4v) is 2.02. The van der Waals surface area contributed by atoms with Crippen molar-refractivity contribution in [3.8, 4) is 6.07 Å². The highest BCUT2D eigenvalue weighted by atomic mass is 16.1. The first kappa shape index (κ1) is 17.7. The van der Waals surface area contributed by atoms with Crippen LogP contribution in [0.4, 0.5) is 5.69 Å². The third-order valence-electron chi connectivity index (χ3n) is 3.39. The Labute approximate surface area is 145 Å². The number of nitrogens with zero attached hydrogens (tertiary/aromatic N) is 2. The molecule has 5 N–H and O–H groups in total. The Bertz CT molecular complexity index is 849. The molecule has 7 heteroatoms.